The van der Waals surface area contributed by atoms with E-state index < -0.39 is 0 Å². The Kier molecular flexibility index (Phi) is 1.43. The molecule has 0 fully saturated rings. The van der Waals surface area contributed by atoms with Gasteiger partial charge in [0.2, 0.25) is 0 Å². The molecule has 0 saturated carbocycles. The number of hydrogen-bond donors (Lipinski definition) is 1. The van der Waals surface area contributed by atoms with Gasteiger partial charge in [0.1, 0.15) is 0 Å². The van der Waals surface area contributed by atoms with Gasteiger partial charge in [-0.05, 0) is 31.0 Å². The molecular formula is C8H10N. The van der Waals surface area contributed by atoms with E-state index in [1.807, 2.05) is 26.0 Å². The Morgan fingerprint density at radius 2 is 2.11 bits per heavy atom. The monoisotopic (exact) mass is 120 g/mol. The van der Waals surface area contributed by atoms with Crippen LogP contribution in [-0.4, -0.2) is 0 Å². The van der Waals surface area contributed by atoms with Crippen molar-refractivity contribution in [1.82, 2.24) is 0 Å². The maximum atomic E-state index is 5.65. The summed E-state index contributed by atoms with van der Waals surface area (Å²) in [6.45, 7) is 3.96. The fourth-order valence-electron chi connectivity index (χ4n) is 0.755. The number of rotatable bonds is 0. The number of aryl methyl sites for hydroxylation is 2. The van der Waals surface area contributed by atoms with Gasteiger partial charge in [0.05, 0.1) is 0 Å². The summed E-state index contributed by atoms with van der Waals surface area (Å²) in [6, 6.07) is 6.87. The first-order valence-electron chi connectivity index (χ1n) is 2.95. The van der Waals surface area contributed by atoms with E-state index in [1.54, 1.807) is 0 Å². The van der Waals surface area contributed by atoms with Crippen molar-refractivity contribution in [3.05, 3.63) is 29.3 Å². The normalized spacial score (nSPS) is 9.56. The molecule has 47 valence electrons. The van der Waals surface area contributed by atoms with Crippen LogP contribution in [0.25, 0.3) is 0 Å². The van der Waals surface area contributed by atoms with Crippen LogP contribution in [0.3, 0.4) is 0 Å². The highest BCUT2D eigenvalue weighted by atomic mass is 14.6. The molecule has 0 saturated heterocycles. The minimum Gasteiger partial charge on any atom is -0.398 e. The van der Waals surface area contributed by atoms with Crippen LogP contribution in [-0.2, 0) is 0 Å². The molecule has 1 radical (unpaired) electrons. The zero-order chi connectivity index (χ0) is 6.85. The molecule has 0 heterocycles. The van der Waals surface area contributed by atoms with E-state index >= 15 is 0 Å². The quantitative estimate of drug-likeness (QED) is 0.518. The third-order valence-electron chi connectivity index (χ3n) is 1.46. The molecule has 0 unspecified atom stereocenters. The number of benzene rings is 1. The van der Waals surface area contributed by atoms with E-state index in [0.29, 0.717) is 0 Å². The van der Waals surface area contributed by atoms with Gasteiger partial charge in [0.25, 0.3) is 0 Å². The Morgan fingerprint density at radius 1 is 1.44 bits per heavy atom. The molecule has 1 aromatic carbocycles. The van der Waals surface area contributed by atoms with Gasteiger partial charge in [-0.15, -0.1) is 0 Å². The van der Waals surface area contributed by atoms with E-state index in [1.165, 1.54) is 0 Å². The van der Waals surface area contributed by atoms with Gasteiger partial charge in [-0.1, -0.05) is 12.1 Å². The second-order valence-corrected chi connectivity index (χ2v) is 2.20. The molecule has 0 aliphatic heterocycles. The van der Waals surface area contributed by atoms with Crippen LogP contribution < -0.4 is 5.73 Å². The molecule has 0 aliphatic carbocycles. The maximum absolute atomic E-state index is 5.65. The minimum atomic E-state index is 0.859. The third kappa shape index (κ3) is 1.04. The predicted molar refractivity (Wildman–Crippen MR) is 39.2 cm³/mol. The zero-order valence-corrected chi connectivity index (χ0v) is 5.73. The average molecular weight is 120 g/mol. The van der Waals surface area contributed by atoms with E-state index in [-0.39, 0.29) is 0 Å². The molecule has 2 N–H and O–H groups in total. The van der Waals surface area contributed by atoms with Gasteiger partial charge in [-0.3, -0.25) is 0 Å². The smallest absolute Gasteiger partial charge is 0.0379 e. The Hall–Kier alpha value is -0.980. The lowest BCUT2D eigenvalue weighted by molar-refractivity contribution is 1.38. The van der Waals surface area contributed by atoms with E-state index in [0.717, 1.165) is 16.8 Å². The van der Waals surface area contributed by atoms with Crippen LogP contribution in [0.4, 0.5) is 5.69 Å². The van der Waals surface area contributed by atoms with E-state index in [9.17, 15) is 0 Å². The molecule has 0 spiro atoms. The van der Waals surface area contributed by atoms with Crippen molar-refractivity contribution >= 4 is 5.69 Å². The highest BCUT2D eigenvalue weighted by Crippen LogP contribution is 2.13. The van der Waals surface area contributed by atoms with Gasteiger partial charge in [-0.25, -0.2) is 0 Å². The summed E-state index contributed by atoms with van der Waals surface area (Å²) in [4.78, 5) is 0. The molecule has 0 aliphatic rings. The first-order valence-corrected chi connectivity index (χ1v) is 2.95. The number of nitrogen functional groups attached to an aromatic ring is 1. The van der Waals surface area contributed by atoms with Crippen LogP contribution >= 0.6 is 0 Å². The second-order valence-electron chi connectivity index (χ2n) is 2.20. The topological polar surface area (TPSA) is 26.0 Å². The second kappa shape index (κ2) is 2.09. The third-order valence-corrected chi connectivity index (χ3v) is 1.46. The van der Waals surface area contributed by atoms with Crippen LogP contribution in [0.5, 0.6) is 0 Å². The molecule has 0 aromatic heterocycles. The molecule has 0 amide bonds. The molecule has 1 nitrogen and oxygen atoms in total. The van der Waals surface area contributed by atoms with Crippen molar-refractivity contribution < 1.29 is 0 Å². The first-order chi connectivity index (χ1) is 4.22. The van der Waals surface area contributed by atoms with Crippen molar-refractivity contribution in [2.75, 3.05) is 5.73 Å². The Balaban J connectivity index is 3.25. The highest BCUT2D eigenvalue weighted by Gasteiger charge is 1.93. The van der Waals surface area contributed by atoms with Crippen molar-refractivity contribution in [2.24, 2.45) is 0 Å². The SMILES string of the molecule is Cc1[c]ccc(C)c1N. The van der Waals surface area contributed by atoms with Gasteiger partial charge >= 0.3 is 0 Å². The van der Waals surface area contributed by atoms with Crippen molar-refractivity contribution in [1.29, 1.82) is 0 Å². The molecule has 1 rings (SSSR count). The first kappa shape index (κ1) is 6.14. The summed E-state index contributed by atoms with van der Waals surface area (Å²) in [6.07, 6.45) is 0. The number of anilines is 1. The molecular weight excluding hydrogens is 110 g/mol. The van der Waals surface area contributed by atoms with Crippen LogP contribution in [0.2, 0.25) is 0 Å². The van der Waals surface area contributed by atoms with Crippen molar-refractivity contribution in [2.45, 2.75) is 13.8 Å². The van der Waals surface area contributed by atoms with Crippen LogP contribution in [0, 0.1) is 19.9 Å². The van der Waals surface area contributed by atoms with Gasteiger partial charge in [0, 0.05) is 5.69 Å². The summed E-state index contributed by atoms with van der Waals surface area (Å²) in [7, 11) is 0. The predicted octanol–water partition coefficient (Wildman–Crippen LogP) is 1.69. The molecule has 1 aromatic rings. The lowest BCUT2D eigenvalue weighted by Gasteiger charge is -2.00. The highest BCUT2D eigenvalue weighted by molar-refractivity contribution is 5.51. The maximum Gasteiger partial charge on any atom is 0.0379 e. The van der Waals surface area contributed by atoms with Crippen LogP contribution in [0.15, 0.2) is 12.1 Å². The molecule has 9 heavy (non-hydrogen) atoms. The van der Waals surface area contributed by atoms with Gasteiger partial charge in [0.15, 0.2) is 0 Å². The Labute approximate surface area is 55.5 Å². The van der Waals surface area contributed by atoms with Crippen molar-refractivity contribution in [3.8, 4) is 0 Å². The lowest BCUT2D eigenvalue weighted by Crippen LogP contribution is -1.91. The average Bonchev–Trinajstić information content (AvgIpc) is 1.83. The molecule has 0 bridgehead atoms. The summed E-state index contributed by atoms with van der Waals surface area (Å²) in [5, 5.41) is 0. The lowest BCUT2D eigenvalue weighted by atomic mass is 10.1. The minimum absolute atomic E-state index is 0.859. The molecule has 1 heteroatoms. The summed E-state index contributed by atoms with van der Waals surface area (Å²) in [5.74, 6) is 0. The van der Waals surface area contributed by atoms with Gasteiger partial charge < -0.3 is 5.73 Å². The summed E-state index contributed by atoms with van der Waals surface area (Å²) < 4.78 is 0. The van der Waals surface area contributed by atoms with Gasteiger partial charge in [-0.2, -0.15) is 0 Å². The Morgan fingerprint density at radius 3 is 2.56 bits per heavy atom. The summed E-state index contributed by atoms with van der Waals surface area (Å²) in [5.41, 5.74) is 8.68. The fraction of sp³-hybridized carbons (Fsp3) is 0.250. The van der Waals surface area contributed by atoms with E-state index in [4.69, 9.17) is 5.73 Å². The molecule has 0 atom stereocenters. The van der Waals surface area contributed by atoms with E-state index in [2.05, 4.69) is 6.07 Å². The number of nitrogens with two attached hydrogens (primary N) is 1. The van der Waals surface area contributed by atoms with Crippen molar-refractivity contribution in [3.63, 3.8) is 0 Å². The fourth-order valence-corrected chi connectivity index (χ4v) is 0.755. The Bertz CT molecular complexity index is 196. The zero-order valence-electron chi connectivity index (χ0n) is 5.73. The largest absolute Gasteiger partial charge is 0.398 e. The summed E-state index contributed by atoms with van der Waals surface area (Å²) >= 11 is 0. The van der Waals surface area contributed by atoms with Crippen LogP contribution in [0.1, 0.15) is 11.1 Å². The standard InChI is InChI=1S/C8H10N/c1-6-4-3-5-7(2)8(6)9/h3-4H,9H2,1-2H3. The number of hydrogen-bond acceptors (Lipinski definition) is 1.